The summed E-state index contributed by atoms with van der Waals surface area (Å²) in [5, 5.41) is 5.07. The fourth-order valence-electron chi connectivity index (χ4n) is 3.41. The first-order valence-electron chi connectivity index (χ1n) is 8.65. The van der Waals surface area contributed by atoms with Crippen molar-refractivity contribution >= 4 is 62.4 Å². The van der Waals surface area contributed by atoms with Gasteiger partial charge in [-0.2, -0.15) is 13.8 Å². The van der Waals surface area contributed by atoms with Gasteiger partial charge in [-0.25, -0.2) is 4.98 Å². The summed E-state index contributed by atoms with van der Waals surface area (Å²) in [6.45, 7) is -1.87. The zero-order valence-corrected chi connectivity index (χ0v) is 18.3. The largest absolute Gasteiger partial charge is 0.370 e. The Morgan fingerprint density at radius 1 is 1.46 bits per heavy atom. The van der Waals surface area contributed by atoms with Gasteiger partial charge in [0.1, 0.15) is 17.1 Å². The molecule has 6 nitrogen and oxygen atoms in total. The molecule has 3 N–H and O–H groups in total. The van der Waals surface area contributed by atoms with Gasteiger partial charge in [0.2, 0.25) is 5.28 Å². The van der Waals surface area contributed by atoms with E-state index < -0.39 is 12.7 Å². The summed E-state index contributed by atoms with van der Waals surface area (Å²) < 4.78 is 35.7. The molecule has 1 aliphatic rings. The van der Waals surface area contributed by atoms with Crippen LogP contribution in [0.15, 0.2) is 17.5 Å². The molecule has 150 valence electrons. The van der Waals surface area contributed by atoms with Crippen molar-refractivity contribution in [3.05, 3.63) is 36.9 Å². The number of nitrogens with two attached hydrogens (primary N) is 1. The molecule has 0 saturated carbocycles. The van der Waals surface area contributed by atoms with Crippen molar-refractivity contribution in [1.82, 2.24) is 14.5 Å². The molecular formula is C17H17ClF2IN5OS. The van der Waals surface area contributed by atoms with Gasteiger partial charge in [0.05, 0.1) is 15.8 Å². The van der Waals surface area contributed by atoms with Crippen LogP contribution in [0.3, 0.4) is 0 Å². The zero-order valence-electron chi connectivity index (χ0n) is 14.5. The van der Waals surface area contributed by atoms with E-state index in [0.717, 1.165) is 15.9 Å². The molecule has 0 aromatic carbocycles. The van der Waals surface area contributed by atoms with Crippen LogP contribution in [0.2, 0.25) is 5.28 Å². The molecule has 28 heavy (non-hydrogen) atoms. The first-order chi connectivity index (χ1) is 13.5. The van der Waals surface area contributed by atoms with Crippen LogP contribution in [0.1, 0.15) is 36.1 Å². The lowest BCUT2D eigenvalue weighted by atomic mass is 10.0. The van der Waals surface area contributed by atoms with Crippen LogP contribution in [0.5, 0.6) is 0 Å². The highest BCUT2D eigenvalue weighted by atomic mass is 127. The maximum atomic E-state index is 14.2. The Morgan fingerprint density at radius 3 is 2.96 bits per heavy atom. The average Bonchev–Trinajstić information content (AvgIpc) is 3.27. The van der Waals surface area contributed by atoms with E-state index >= 15 is 0 Å². The topological polar surface area (TPSA) is 78.0 Å². The number of aromatic nitrogens is 3. The molecule has 0 spiro atoms. The van der Waals surface area contributed by atoms with Gasteiger partial charge >= 0.3 is 6.55 Å². The Labute approximate surface area is 182 Å². The molecular weight excluding hydrogens is 523 g/mol. The lowest BCUT2D eigenvalue weighted by Crippen LogP contribution is -2.36. The number of rotatable bonds is 5. The Hall–Kier alpha value is -1.08. The first kappa shape index (κ1) is 20.2. The number of nitrogens with zero attached hydrogens (tertiary/aromatic N) is 3. The molecule has 0 aliphatic carbocycles. The van der Waals surface area contributed by atoms with Gasteiger partial charge in [-0.15, -0.1) is 11.3 Å². The van der Waals surface area contributed by atoms with Crippen molar-refractivity contribution < 1.29 is 13.5 Å². The van der Waals surface area contributed by atoms with E-state index in [4.69, 9.17) is 22.1 Å². The summed E-state index contributed by atoms with van der Waals surface area (Å²) in [5.41, 5.74) is 7.10. The number of hydrogen-bond acceptors (Lipinski definition) is 6. The Kier molecular flexibility index (Phi) is 6.02. The molecule has 1 aliphatic heterocycles. The quantitative estimate of drug-likeness (QED) is 0.355. The minimum atomic E-state index is -2.80. The molecule has 11 heteroatoms. The predicted octanol–water partition coefficient (Wildman–Crippen LogP) is 4.94. The van der Waals surface area contributed by atoms with E-state index in [0.29, 0.717) is 34.4 Å². The lowest BCUT2D eigenvalue weighted by molar-refractivity contribution is -0.0147. The van der Waals surface area contributed by atoms with E-state index in [1.165, 1.54) is 0 Å². The highest BCUT2D eigenvalue weighted by Gasteiger charge is 2.35. The SMILES string of the molecule is N[C@@H]1CCCO[C@H]1c1c(I)c2nc(Cl)nc(NCc3cccs3)c2n1C(F)F. The van der Waals surface area contributed by atoms with Crippen LogP contribution in [0.4, 0.5) is 14.6 Å². The van der Waals surface area contributed by atoms with Crippen LogP contribution < -0.4 is 11.1 Å². The van der Waals surface area contributed by atoms with Gasteiger partial charge in [-0.3, -0.25) is 4.57 Å². The van der Waals surface area contributed by atoms with Crippen LogP contribution in [0, 0.1) is 3.57 Å². The molecule has 1 fully saturated rings. The normalized spacial score (nSPS) is 20.2. The lowest BCUT2D eigenvalue weighted by Gasteiger charge is -2.30. The van der Waals surface area contributed by atoms with Crippen LogP contribution >= 0.6 is 45.5 Å². The van der Waals surface area contributed by atoms with E-state index in [1.807, 2.05) is 40.1 Å². The van der Waals surface area contributed by atoms with Crippen LogP contribution in [-0.4, -0.2) is 27.2 Å². The van der Waals surface area contributed by atoms with E-state index in [2.05, 4.69) is 15.3 Å². The minimum absolute atomic E-state index is 0.00840. The fourth-order valence-corrected chi connectivity index (χ4v) is 5.17. The maximum Gasteiger partial charge on any atom is 0.319 e. The molecule has 3 aromatic rings. The zero-order chi connectivity index (χ0) is 19.8. The summed E-state index contributed by atoms with van der Waals surface area (Å²) >= 11 is 9.67. The smallest absolute Gasteiger partial charge is 0.319 e. The summed E-state index contributed by atoms with van der Waals surface area (Å²) in [5.74, 6) is 0.261. The first-order valence-corrected chi connectivity index (χ1v) is 11.0. The number of ether oxygens (including phenoxy) is 1. The van der Waals surface area contributed by atoms with E-state index in [1.54, 1.807) is 11.3 Å². The van der Waals surface area contributed by atoms with Crippen molar-refractivity contribution in [3.63, 3.8) is 0 Å². The monoisotopic (exact) mass is 539 g/mol. The average molecular weight is 540 g/mol. The number of nitrogens with one attached hydrogen (secondary N) is 1. The summed E-state index contributed by atoms with van der Waals surface area (Å²) in [6.07, 6.45) is 0.886. The molecule has 3 aromatic heterocycles. The molecule has 1 saturated heterocycles. The van der Waals surface area contributed by atoms with Gasteiger partial charge in [-0.05, 0) is 58.5 Å². The number of alkyl halides is 2. The number of anilines is 1. The highest BCUT2D eigenvalue weighted by molar-refractivity contribution is 14.1. The number of hydrogen-bond donors (Lipinski definition) is 2. The standard InChI is InChI=1S/C17H17ClF2IN5OS/c18-16-24-11-10(21)12(14-9(22)4-1-5-27-14)26(17(19)20)13(11)15(25-16)23-7-8-3-2-6-28-8/h2-3,6,9,14,17H,1,4-5,7,22H2,(H,23,24,25)/t9-,14-/m1/s1. The third kappa shape index (κ3) is 3.72. The molecule has 4 rings (SSSR count). The van der Waals surface area contributed by atoms with Crippen molar-refractivity contribution in [1.29, 1.82) is 0 Å². The maximum absolute atomic E-state index is 14.2. The van der Waals surface area contributed by atoms with Gasteiger partial charge in [0, 0.05) is 17.5 Å². The minimum Gasteiger partial charge on any atom is -0.370 e. The molecule has 0 bridgehead atoms. The van der Waals surface area contributed by atoms with Crippen LogP contribution in [-0.2, 0) is 11.3 Å². The summed E-state index contributed by atoms with van der Waals surface area (Å²) in [4.78, 5) is 9.45. The molecule has 2 atom stereocenters. The fraction of sp³-hybridized carbons (Fsp3) is 0.412. The second kappa shape index (κ2) is 8.34. The van der Waals surface area contributed by atoms with E-state index in [9.17, 15) is 8.78 Å². The summed E-state index contributed by atoms with van der Waals surface area (Å²) in [7, 11) is 0. The van der Waals surface area contributed by atoms with Crippen molar-refractivity contribution in [2.45, 2.75) is 38.1 Å². The number of fused-ring (bicyclic) bond motifs is 1. The van der Waals surface area contributed by atoms with E-state index in [-0.39, 0.29) is 22.7 Å². The number of thiophene rings is 1. The molecule has 0 unspecified atom stereocenters. The van der Waals surface area contributed by atoms with Crippen molar-refractivity contribution in [2.75, 3.05) is 11.9 Å². The molecule has 4 heterocycles. The van der Waals surface area contributed by atoms with Crippen molar-refractivity contribution in [3.8, 4) is 0 Å². The Morgan fingerprint density at radius 2 is 2.29 bits per heavy atom. The third-order valence-electron chi connectivity index (χ3n) is 4.63. The van der Waals surface area contributed by atoms with Gasteiger partial charge in [0.15, 0.2) is 5.82 Å². The van der Waals surface area contributed by atoms with Crippen molar-refractivity contribution in [2.24, 2.45) is 5.73 Å². The second-order valence-electron chi connectivity index (χ2n) is 6.42. The van der Waals surface area contributed by atoms with Crippen LogP contribution in [0.25, 0.3) is 11.0 Å². The van der Waals surface area contributed by atoms with Gasteiger partial charge < -0.3 is 15.8 Å². The number of halogens is 4. The molecule has 0 radical (unpaired) electrons. The Bertz CT molecular complexity index is 984. The second-order valence-corrected chi connectivity index (χ2v) is 8.86. The summed E-state index contributed by atoms with van der Waals surface area (Å²) in [6, 6.07) is 3.51. The van der Waals surface area contributed by atoms with Gasteiger partial charge in [0.25, 0.3) is 0 Å². The third-order valence-corrected chi connectivity index (χ3v) is 6.74. The molecule has 0 amide bonds. The predicted molar refractivity (Wildman–Crippen MR) is 114 cm³/mol. The highest BCUT2D eigenvalue weighted by Crippen LogP contribution is 2.41. The van der Waals surface area contributed by atoms with Gasteiger partial charge in [-0.1, -0.05) is 6.07 Å². The Balaban J connectivity index is 1.87.